The van der Waals surface area contributed by atoms with Crippen LogP contribution in [0.25, 0.3) is 0 Å². The summed E-state index contributed by atoms with van der Waals surface area (Å²) < 4.78 is 25.7. The van der Waals surface area contributed by atoms with Crippen LogP contribution in [0.2, 0.25) is 10.0 Å². The molecular weight excluding hydrogens is 320 g/mol. The van der Waals surface area contributed by atoms with E-state index in [-0.39, 0.29) is 18.1 Å². The van der Waals surface area contributed by atoms with Gasteiger partial charge in [-0.1, -0.05) is 35.3 Å². The summed E-state index contributed by atoms with van der Waals surface area (Å²) in [5, 5.41) is 0.670. The Hall–Kier alpha value is -0.940. The molecule has 1 atom stereocenters. The predicted molar refractivity (Wildman–Crippen MR) is 80.9 cm³/mol. The third-order valence-electron chi connectivity index (χ3n) is 2.82. The van der Waals surface area contributed by atoms with Crippen molar-refractivity contribution in [3.05, 3.63) is 63.4 Å². The van der Waals surface area contributed by atoms with Gasteiger partial charge in [-0.15, -0.1) is 0 Å². The molecule has 2 N–H and O–H groups in total. The van der Waals surface area contributed by atoms with E-state index in [0.717, 1.165) is 5.56 Å². The highest BCUT2D eigenvalue weighted by Crippen LogP contribution is 2.29. The lowest BCUT2D eigenvalue weighted by Gasteiger charge is -2.10. The molecular formula is C14H12Cl2FNOS. The van der Waals surface area contributed by atoms with E-state index in [0.29, 0.717) is 20.5 Å². The second kappa shape index (κ2) is 6.68. The molecule has 0 radical (unpaired) electrons. The number of rotatable bonds is 4. The van der Waals surface area contributed by atoms with E-state index in [9.17, 15) is 8.60 Å². The topological polar surface area (TPSA) is 43.1 Å². The van der Waals surface area contributed by atoms with Gasteiger partial charge in [-0.25, -0.2) is 4.39 Å². The molecule has 2 nitrogen and oxygen atoms in total. The predicted octanol–water partition coefficient (Wildman–Crippen LogP) is 3.90. The minimum absolute atomic E-state index is 0.119. The fourth-order valence-corrected chi connectivity index (χ4v) is 4.02. The van der Waals surface area contributed by atoms with Gasteiger partial charge < -0.3 is 5.73 Å². The average molecular weight is 332 g/mol. The summed E-state index contributed by atoms with van der Waals surface area (Å²) in [6.07, 6.45) is 0. The maximum absolute atomic E-state index is 13.3. The molecule has 0 aliphatic rings. The van der Waals surface area contributed by atoms with Gasteiger partial charge in [-0.3, -0.25) is 4.21 Å². The maximum Gasteiger partial charge on any atom is 0.123 e. The first-order chi connectivity index (χ1) is 9.52. The van der Waals surface area contributed by atoms with E-state index in [2.05, 4.69) is 0 Å². The summed E-state index contributed by atoms with van der Waals surface area (Å²) in [4.78, 5) is 0.364. The minimum Gasteiger partial charge on any atom is -0.326 e. The van der Waals surface area contributed by atoms with Crippen LogP contribution in [0.3, 0.4) is 0 Å². The monoisotopic (exact) mass is 331 g/mol. The van der Waals surface area contributed by atoms with Gasteiger partial charge in [0.15, 0.2) is 0 Å². The zero-order valence-electron chi connectivity index (χ0n) is 10.4. The molecule has 106 valence electrons. The number of halogens is 3. The molecule has 1 unspecified atom stereocenters. The SMILES string of the molecule is NCc1ccc(F)cc1CS(=O)c1c(Cl)cccc1Cl. The lowest BCUT2D eigenvalue weighted by atomic mass is 10.1. The average Bonchev–Trinajstić information content (AvgIpc) is 2.38. The maximum atomic E-state index is 13.3. The zero-order valence-corrected chi connectivity index (χ0v) is 12.7. The Morgan fingerprint density at radius 1 is 1.10 bits per heavy atom. The molecule has 0 heterocycles. The molecule has 20 heavy (non-hydrogen) atoms. The van der Waals surface area contributed by atoms with Crippen LogP contribution in [0.1, 0.15) is 11.1 Å². The van der Waals surface area contributed by atoms with Crippen molar-refractivity contribution in [2.75, 3.05) is 0 Å². The van der Waals surface area contributed by atoms with Gasteiger partial charge in [0.1, 0.15) is 5.82 Å². The zero-order chi connectivity index (χ0) is 14.7. The van der Waals surface area contributed by atoms with Crippen molar-refractivity contribution in [1.29, 1.82) is 0 Å². The van der Waals surface area contributed by atoms with Crippen molar-refractivity contribution >= 4 is 34.0 Å². The molecule has 0 saturated heterocycles. The molecule has 2 aromatic carbocycles. The first-order valence-electron chi connectivity index (χ1n) is 5.82. The molecule has 0 spiro atoms. The Morgan fingerprint density at radius 3 is 2.35 bits per heavy atom. The minimum atomic E-state index is -1.46. The van der Waals surface area contributed by atoms with Crippen molar-refractivity contribution in [2.24, 2.45) is 5.73 Å². The Labute approximate surface area is 129 Å². The quantitative estimate of drug-likeness (QED) is 0.923. The first kappa shape index (κ1) is 15.4. The molecule has 0 bridgehead atoms. The molecule has 0 fully saturated rings. The van der Waals surface area contributed by atoms with Gasteiger partial charge in [-0.05, 0) is 35.4 Å². The highest BCUT2D eigenvalue weighted by atomic mass is 35.5. The van der Waals surface area contributed by atoms with Crippen molar-refractivity contribution in [3.8, 4) is 0 Å². The largest absolute Gasteiger partial charge is 0.326 e. The lowest BCUT2D eigenvalue weighted by molar-refractivity contribution is 0.625. The molecule has 2 rings (SSSR count). The van der Waals surface area contributed by atoms with Crippen LogP contribution in [0, 0.1) is 5.82 Å². The van der Waals surface area contributed by atoms with Gasteiger partial charge in [0.25, 0.3) is 0 Å². The number of hydrogen-bond acceptors (Lipinski definition) is 2. The van der Waals surface area contributed by atoms with Gasteiger partial charge in [0.2, 0.25) is 0 Å². The van der Waals surface area contributed by atoms with Crippen molar-refractivity contribution in [3.63, 3.8) is 0 Å². The summed E-state index contributed by atoms with van der Waals surface area (Å²) in [6, 6.07) is 9.18. The van der Waals surface area contributed by atoms with Crippen LogP contribution < -0.4 is 5.73 Å². The van der Waals surface area contributed by atoms with E-state index in [1.54, 1.807) is 24.3 Å². The molecule has 0 amide bonds. The molecule has 0 aromatic heterocycles. The number of hydrogen-bond donors (Lipinski definition) is 1. The standard InChI is InChI=1S/C14H12Cl2FNOS/c15-12-2-1-3-13(16)14(12)20(19)8-10-6-11(17)5-4-9(10)7-18/h1-6H,7-8,18H2. The second-order valence-corrected chi connectivity index (χ2v) is 6.36. The fraction of sp³-hybridized carbons (Fsp3) is 0.143. The highest BCUT2D eigenvalue weighted by Gasteiger charge is 2.15. The van der Waals surface area contributed by atoms with E-state index in [1.807, 2.05) is 0 Å². The second-order valence-electron chi connectivity index (χ2n) is 4.16. The summed E-state index contributed by atoms with van der Waals surface area (Å²) in [5.74, 6) is -0.271. The van der Waals surface area contributed by atoms with E-state index >= 15 is 0 Å². The van der Waals surface area contributed by atoms with Crippen LogP contribution in [0.4, 0.5) is 4.39 Å². The smallest absolute Gasteiger partial charge is 0.123 e. The van der Waals surface area contributed by atoms with E-state index in [4.69, 9.17) is 28.9 Å². The Bertz CT molecular complexity index is 643. The molecule has 2 aromatic rings. The third kappa shape index (κ3) is 3.38. The summed E-state index contributed by atoms with van der Waals surface area (Å²) >= 11 is 12.0. The number of benzene rings is 2. The molecule has 0 aliphatic heterocycles. The number of nitrogens with two attached hydrogens (primary N) is 1. The van der Waals surface area contributed by atoms with Crippen molar-refractivity contribution in [2.45, 2.75) is 17.2 Å². The summed E-state index contributed by atoms with van der Waals surface area (Å²) in [5.41, 5.74) is 6.95. The van der Waals surface area contributed by atoms with Gasteiger partial charge in [0.05, 0.1) is 31.5 Å². The van der Waals surface area contributed by atoms with Crippen LogP contribution in [0.5, 0.6) is 0 Å². The van der Waals surface area contributed by atoms with Crippen molar-refractivity contribution in [1.82, 2.24) is 0 Å². The Morgan fingerprint density at radius 2 is 1.75 bits per heavy atom. The normalized spacial score (nSPS) is 12.4. The van der Waals surface area contributed by atoms with E-state index < -0.39 is 10.8 Å². The fourth-order valence-electron chi connectivity index (χ4n) is 1.84. The van der Waals surface area contributed by atoms with E-state index in [1.165, 1.54) is 12.1 Å². The van der Waals surface area contributed by atoms with Crippen LogP contribution in [-0.4, -0.2) is 4.21 Å². The first-order valence-corrected chi connectivity index (χ1v) is 7.90. The van der Waals surface area contributed by atoms with Gasteiger partial charge in [-0.2, -0.15) is 0 Å². The summed E-state index contributed by atoms with van der Waals surface area (Å²) in [7, 11) is -1.46. The lowest BCUT2D eigenvalue weighted by Crippen LogP contribution is -2.06. The van der Waals surface area contributed by atoms with Crippen molar-refractivity contribution < 1.29 is 8.60 Å². The Kier molecular flexibility index (Phi) is 5.16. The molecule has 0 saturated carbocycles. The highest BCUT2D eigenvalue weighted by molar-refractivity contribution is 7.84. The van der Waals surface area contributed by atoms with Crippen LogP contribution in [0.15, 0.2) is 41.3 Å². The van der Waals surface area contributed by atoms with Gasteiger partial charge in [0, 0.05) is 6.54 Å². The molecule has 6 heteroatoms. The summed E-state index contributed by atoms with van der Waals surface area (Å²) in [6.45, 7) is 0.253. The van der Waals surface area contributed by atoms with Gasteiger partial charge >= 0.3 is 0 Å². The van der Waals surface area contributed by atoms with Crippen LogP contribution in [-0.2, 0) is 23.1 Å². The van der Waals surface area contributed by atoms with Crippen LogP contribution >= 0.6 is 23.2 Å². The molecule has 0 aliphatic carbocycles. The third-order valence-corrected chi connectivity index (χ3v) is 5.14. The Balaban J connectivity index is 2.35.